The Bertz CT molecular complexity index is 293. The molecule has 11 heavy (non-hydrogen) atoms. The molecule has 6 nitrogen and oxygen atoms in total. The summed E-state index contributed by atoms with van der Waals surface area (Å²) in [7, 11) is 0. The van der Waals surface area contributed by atoms with Crippen molar-refractivity contribution in [1.29, 1.82) is 0 Å². The van der Waals surface area contributed by atoms with Gasteiger partial charge < -0.3 is 11.5 Å². The predicted octanol–water partition coefficient (Wildman–Crippen LogP) is -1.75. The molecule has 1 aromatic rings. The van der Waals surface area contributed by atoms with E-state index in [-0.39, 0.29) is 11.5 Å². The van der Waals surface area contributed by atoms with Gasteiger partial charge in [0.25, 0.3) is 5.56 Å². The quantitative estimate of drug-likeness (QED) is 0.469. The number of anilines is 1. The minimum atomic E-state index is -0.317. The molecular formula is C5H9N5O. The Balaban J connectivity index is 3.00. The minimum Gasteiger partial charge on any atom is -0.368 e. The van der Waals surface area contributed by atoms with E-state index in [4.69, 9.17) is 11.5 Å². The van der Waals surface area contributed by atoms with Crippen molar-refractivity contribution < 1.29 is 0 Å². The number of H-pyrrole nitrogens is 1. The zero-order valence-corrected chi connectivity index (χ0v) is 5.87. The van der Waals surface area contributed by atoms with Crippen LogP contribution in [0.2, 0.25) is 0 Å². The van der Waals surface area contributed by atoms with Crippen LogP contribution in [0.3, 0.4) is 0 Å². The molecule has 1 rings (SSSR count). The second-order valence-electron chi connectivity index (χ2n) is 2.02. The van der Waals surface area contributed by atoms with Gasteiger partial charge in [0.1, 0.15) is 5.69 Å². The largest absolute Gasteiger partial charge is 0.368 e. The highest BCUT2D eigenvalue weighted by Crippen LogP contribution is 1.84. The lowest BCUT2D eigenvalue weighted by molar-refractivity contribution is 0.826. The Morgan fingerprint density at radius 3 is 2.73 bits per heavy atom. The summed E-state index contributed by atoms with van der Waals surface area (Å²) in [6.45, 7) is 0.377. The average molecular weight is 155 g/mol. The molecule has 0 aliphatic rings. The molecule has 0 aliphatic heterocycles. The van der Waals surface area contributed by atoms with Gasteiger partial charge in [-0.15, -0.1) is 10.2 Å². The zero-order chi connectivity index (χ0) is 8.27. The Kier molecular flexibility index (Phi) is 2.17. The fraction of sp³-hybridized carbons (Fsp3) is 0.400. The van der Waals surface area contributed by atoms with Crippen LogP contribution in [0.15, 0.2) is 4.79 Å². The lowest BCUT2D eigenvalue weighted by Crippen LogP contribution is -2.21. The lowest BCUT2D eigenvalue weighted by atomic mass is 10.3. The molecule has 0 unspecified atom stereocenters. The number of nitrogens with one attached hydrogen (secondary N) is 1. The van der Waals surface area contributed by atoms with Crippen molar-refractivity contribution in [3.05, 3.63) is 16.0 Å². The van der Waals surface area contributed by atoms with E-state index in [0.29, 0.717) is 18.7 Å². The van der Waals surface area contributed by atoms with Gasteiger partial charge in [0.15, 0.2) is 0 Å². The topological polar surface area (TPSA) is 111 Å². The third-order valence-electron chi connectivity index (χ3n) is 1.16. The summed E-state index contributed by atoms with van der Waals surface area (Å²) in [5.41, 5.74) is 10.4. The molecule has 0 radical (unpaired) electrons. The summed E-state index contributed by atoms with van der Waals surface area (Å²) in [5.74, 6) is 0.0239. The highest BCUT2D eigenvalue weighted by Gasteiger charge is 2.00. The van der Waals surface area contributed by atoms with Gasteiger partial charge in [-0.3, -0.25) is 9.78 Å². The molecule has 0 atom stereocenters. The van der Waals surface area contributed by atoms with Crippen LogP contribution in [0.4, 0.5) is 5.95 Å². The van der Waals surface area contributed by atoms with Crippen LogP contribution in [-0.4, -0.2) is 21.7 Å². The van der Waals surface area contributed by atoms with Crippen molar-refractivity contribution in [2.24, 2.45) is 5.73 Å². The third kappa shape index (κ3) is 1.74. The normalized spacial score (nSPS) is 9.91. The van der Waals surface area contributed by atoms with E-state index in [1.165, 1.54) is 0 Å². The Hall–Kier alpha value is -1.43. The lowest BCUT2D eigenvalue weighted by Gasteiger charge is -1.94. The average Bonchev–Trinajstić information content (AvgIpc) is 1.95. The van der Waals surface area contributed by atoms with E-state index in [0.717, 1.165) is 0 Å². The van der Waals surface area contributed by atoms with Crippen LogP contribution in [-0.2, 0) is 6.42 Å². The van der Waals surface area contributed by atoms with E-state index in [9.17, 15) is 4.79 Å². The second kappa shape index (κ2) is 3.11. The SMILES string of the molecule is NCCc1nnc(N)[nH]c1=O. The third-order valence-corrected chi connectivity index (χ3v) is 1.16. The number of aromatic nitrogens is 3. The van der Waals surface area contributed by atoms with Crippen molar-refractivity contribution in [2.45, 2.75) is 6.42 Å². The summed E-state index contributed by atoms with van der Waals surface area (Å²) in [6, 6.07) is 0. The van der Waals surface area contributed by atoms with Gasteiger partial charge in [-0.25, -0.2) is 0 Å². The highest BCUT2D eigenvalue weighted by molar-refractivity contribution is 5.11. The molecule has 0 spiro atoms. The van der Waals surface area contributed by atoms with E-state index >= 15 is 0 Å². The maximum atomic E-state index is 10.9. The van der Waals surface area contributed by atoms with Gasteiger partial charge in [-0.05, 0) is 6.54 Å². The molecule has 1 aromatic heterocycles. The van der Waals surface area contributed by atoms with E-state index in [1.807, 2.05) is 0 Å². The van der Waals surface area contributed by atoms with Crippen LogP contribution in [0.25, 0.3) is 0 Å². The van der Waals surface area contributed by atoms with Crippen molar-refractivity contribution in [1.82, 2.24) is 15.2 Å². The molecule has 5 N–H and O–H groups in total. The summed E-state index contributed by atoms with van der Waals surface area (Å²) in [4.78, 5) is 13.3. The van der Waals surface area contributed by atoms with Crippen LogP contribution in [0, 0.1) is 0 Å². The number of hydrogen-bond acceptors (Lipinski definition) is 5. The number of aromatic amines is 1. The summed E-state index contributed by atoms with van der Waals surface area (Å²) < 4.78 is 0. The number of nitrogen functional groups attached to an aromatic ring is 1. The van der Waals surface area contributed by atoms with Crippen LogP contribution >= 0.6 is 0 Å². The first-order valence-corrected chi connectivity index (χ1v) is 3.15. The molecule has 0 aromatic carbocycles. The second-order valence-corrected chi connectivity index (χ2v) is 2.02. The van der Waals surface area contributed by atoms with Crippen LogP contribution < -0.4 is 17.0 Å². The Labute approximate surface area is 62.6 Å². The Morgan fingerprint density at radius 2 is 2.18 bits per heavy atom. The van der Waals surface area contributed by atoms with Crippen molar-refractivity contribution >= 4 is 5.95 Å². The van der Waals surface area contributed by atoms with Gasteiger partial charge in [-0.1, -0.05) is 0 Å². The predicted molar refractivity (Wildman–Crippen MR) is 39.8 cm³/mol. The number of nitrogens with two attached hydrogens (primary N) is 2. The first-order chi connectivity index (χ1) is 5.24. The smallest absolute Gasteiger partial charge is 0.274 e. The first-order valence-electron chi connectivity index (χ1n) is 3.15. The monoisotopic (exact) mass is 155 g/mol. The maximum Gasteiger partial charge on any atom is 0.274 e. The van der Waals surface area contributed by atoms with E-state index < -0.39 is 0 Å². The molecule has 0 saturated carbocycles. The fourth-order valence-corrected chi connectivity index (χ4v) is 0.673. The van der Waals surface area contributed by atoms with Gasteiger partial charge in [0, 0.05) is 6.42 Å². The molecule has 0 bridgehead atoms. The van der Waals surface area contributed by atoms with Crippen molar-refractivity contribution in [2.75, 3.05) is 12.3 Å². The van der Waals surface area contributed by atoms with Crippen molar-refractivity contribution in [3.63, 3.8) is 0 Å². The minimum absolute atomic E-state index is 0.0239. The van der Waals surface area contributed by atoms with E-state index in [1.54, 1.807) is 0 Å². The fourth-order valence-electron chi connectivity index (χ4n) is 0.673. The summed E-state index contributed by atoms with van der Waals surface area (Å²) in [6.07, 6.45) is 0.419. The van der Waals surface area contributed by atoms with Gasteiger partial charge in [0.2, 0.25) is 5.95 Å². The summed E-state index contributed by atoms with van der Waals surface area (Å²) in [5, 5.41) is 7.04. The van der Waals surface area contributed by atoms with E-state index in [2.05, 4.69) is 15.2 Å². The molecule has 0 amide bonds. The molecule has 0 aliphatic carbocycles. The maximum absolute atomic E-state index is 10.9. The number of rotatable bonds is 2. The molecule has 0 saturated heterocycles. The summed E-state index contributed by atoms with van der Waals surface area (Å²) >= 11 is 0. The molecule has 60 valence electrons. The van der Waals surface area contributed by atoms with Crippen LogP contribution in [0.5, 0.6) is 0 Å². The Morgan fingerprint density at radius 1 is 1.45 bits per heavy atom. The zero-order valence-electron chi connectivity index (χ0n) is 5.87. The molecular weight excluding hydrogens is 146 g/mol. The highest BCUT2D eigenvalue weighted by atomic mass is 16.1. The molecule has 0 fully saturated rings. The first kappa shape index (κ1) is 7.67. The molecule has 1 heterocycles. The standard InChI is InChI=1S/C5H9N5O/c6-2-1-3-4(11)8-5(7)10-9-3/h1-2,6H2,(H3,7,8,10,11). The van der Waals surface area contributed by atoms with Gasteiger partial charge in [-0.2, -0.15) is 0 Å². The van der Waals surface area contributed by atoms with Crippen molar-refractivity contribution in [3.8, 4) is 0 Å². The van der Waals surface area contributed by atoms with Gasteiger partial charge in [0.05, 0.1) is 0 Å². The number of nitrogens with zero attached hydrogens (tertiary/aromatic N) is 2. The number of hydrogen-bond donors (Lipinski definition) is 3. The van der Waals surface area contributed by atoms with Crippen LogP contribution in [0.1, 0.15) is 5.69 Å². The van der Waals surface area contributed by atoms with Gasteiger partial charge >= 0.3 is 0 Å². The molecule has 6 heteroatoms.